The van der Waals surface area contributed by atoms with E-state index in [0.29, 0.717) is 33.8 Å². The number of benzene rings is 3. The lowest BCUT2D eigenvalue weighted by atomic mass is 10.1. The molecular weight excluding hydrogens is 497 g/mol. The number of amides is 1. The molecule has 0 aliphatic heterocycles. The predicted octanol–water partition coefficient (Wildman–Crippen LogP) is 7.09. The van der Waals surface area contributed by atoms with Gasteiger partial charge in [0.25, 0.3) is 5.91 Å². The zero-order valence-electron chi connectivity index (χ0n) is 19.9. The summed E-state index contributed by atoms with van der Waals surface area (Å²) in [4.78, 5) is 15.4. The van der Waals surface area contributed by atoms with Crippen molar-refractivity contribution in [2.75, 3.05) is 7.11 Å². The average molecular weight is 522 g/mol. The number of carbonyl (C=O) groups is 1. The van der Waals surface area contributed by atoms with Crippen molar-refractivity contribution < 1.29 is 14.3 Å². The number of carbonyl (C=O) groups excluding carboxylic acids is 1. The molecule has 6 nitrogen and oxygen atoms in total. The molecule has 3 aromatic carbocycles. The summed E-state index contributed by atoms with van der Waals surface area (Å²) < 4.78 is 13.4. The van der Waals surface area contributed by atoms with Gasteiger partial charge in [-0.05, 0) is 74.4 Å². The lowest BCUT2D eigenvalue weighted by Crippen LogP contribution is -2.33. The summed E-state index contributed by atoms with van der Waals surface area (Å²) in [6.07, 6.45) is 1.90. The van der Waals surface area contributed by atoms with E-state index in [9.17, 15) is 4.79 Å². The first-order valence-electron chi connectivity index (χ1n) is 11.7. The van der Waals surface area contributed by atoms with Crippen molar-refractivity contribution in [1.82, 2.24) is 14.7 Å². The van der Waals surface area contributed by atoms with E-state index in [1.165, 1.54) is 0 Å². The van der Waals surface area contributed by atoms with E-state index in [-0.39, 0.29) is 11.9 Å². The monoisotopic (exact) mass is 521 g/mol. The van der Waals surface area contributed by atoms with E-state index in [0.717, 1.165) is 35.5 Å². The van der Waals surface area contributed by atoms with Gasteiger partial charge < -0.3 is 14.4 Å². The second-order valence-electron chi connectivity index (χ2n) is 8.68. The van der Waals surface area contributed by atoms with Crippen LogP contribution in [-0.4, -0.2) is 33.7 Å². The number of nitrogens with zero attached hydrogens (tertiary/aromatic N) is 3. The minimum absolute atomic E-state index is 0.103. The van der Waals surface area contributed by atoms with E-state index in [1.807, 2.05) is 72.5 Å². The molecule has 8 heteroatoms. The first-order valence-corrected chi connectivity index (χ1v) is 12.4. The van der Waals surface area contributed by atoms with Gasteiger partial charge in [-0.3, -0.25) is 4.79 Å². The molecule has 0 unspecified atom stereocenters. The van der Waals surface area contributed by atoms with E-state index >= 15 is 0 Å². The molecule has 0 bridgehead atoms. The third kappa shape index (κ3) is 5.06. The molecule has 1 aliphatic rings. The molecule has 184 valence electrons. The normalized spacial score (nSPS) is 12.9. The zero-order valence-corrected chi connectivity index (χ0v) is 21.5. The van der Waals surface area contributed by atoms with Crippen LogP contribution in [-0.2, 0) is 6.54 Å². The van der Waals surface area contributed by atoms with Crippen LogP contribution in [0.25, 0.3) is 5.69 Å². The van der Waals surface area contributed by atoms with Gasteiger partial charge >= 0.3 is 0 Å². The summed E-state index contributed by atoms with van der Waals surface area (Å²) in [7, 11) is 1.62. The van der Waals surface area contributed by atoms with Crippen molar-refractivity contribution in [3.63, 3.8) is 0 Å². The van der Waals surface area contributed by atoms with Gasteiger partial charge in [-0.1, -0.05) is 41.4 Å². The number of rotatable bonds is 8. The number of aromatic nitrogens is 2. The number of ether oxygens (including phenoxy) is 2. The molecule has 0 radical (unpaired) electrons. The van der Waals surface area contributed by atoms with Gasteiger partial charge in [0.1, 0.15) is 11.5 Å². The number of aryl methyl sites for hydroxylation is 1. The fourth-order valence-corrected chi connectivity index (χ4v) is 4.48. The average Bonchev–Trinajstić information content (AvgIpc) is 3.68. The van der Waals surface area contributed by atoms with Crippen LogP contribution >= 0.6 is 23.2 Å². The van der Waals surface area contributed by atoms with E-state index in [4.69, 9.17) is 37.8 Å². The van der Waals surface area contributed by atoms with Crippen molar-refractivity contribution in [2.45, 2.75) is 32.4 Å². The molecule has 0 saturated heterocycles. The second-order valence-corrected chi connectivity index (χ2v) is 9.53. The fourth-order valence-electron chi connectivity index (χ4n) is 4.08. The first-order chi connectivity index (χ1) is 17.4. The van der Waals surface area contributed by atoms with Gasteiger partial charge in [0.05, 0.1) is 41.2 Å². The molecule has 5 rings (SSSR count). The zero-order chi connectivity index (χ0) is 25.2. The highest BCUT2D eigenvalue weighted by atomic mass is 35.5. The van der Waals surface area contributed by atoms with E-state index in [2.05, 4.69) is 0 Å². The van der Waals surface area contributed by atoms with Crippen molar-refractivity contribution in [2.24, 2.45) is 0 Å². The summed E-state index contributed by atoms with van der Waals surface area (Å²) in [6.45, 7) is 2.26. The summed E-state index contributed by atoms with van der Waals surface area (Å²) in [5.74, 6) is 1.77. The minimum Gasteiger partial charge on any atom is -0.497 e. The molecule has 1 amide bonds. The van der Waals surface area contributed by atoms with Crippen LogP contribution in [0, 0.1) is 6.92 Å². The number of hydrogen-bond acceptors (Lipinski definition) is 4. The van der Waals surface area contributed by atoms with Gasteiger partial charge in [-0.15, -0.1) is 0 Å². The molecule has 1 fully saturated rings. The predicted molar refractivity (Wildman–Crippen MR) is 141 cm³/mol. The largest absolute Gasteiger partial charge is 0.497 e. The lowest BCUT2D eigenvalue weighted by Gasteiger charge is -2.23. The van der Waals surface area contributed by atoms with Gasteiger partial charge in [0, 0.05) is 11.1 Å². The third-order valence-electron chi connectivity index (χ3n) is 6.15. The Hall–Kier alpha value is -3.48. The maximum atomic E-state index is 13.6. The fraction of sp³-hybridized carbons (Fsp3) is 0.214. The summed E-state index contributed by atoms with van der Waals surface area (Å²) >= 11 is 12.7. The van der Waals surface area contributed by atoms with Crippen LogP contribution in [0.3, 0.4) is 0 Å². The molecular formula is C28H25Cl2N3O3. The third-order valence-corrected chi connectivity index (χ3v) is 6.71. The quantitative estimate of drug-likeness (QED) is 0.248. The van der Waals surface area contributed by atoms with Crippen molar-refractivity contribution in [3.05, 3.63) is 99.7 Å². The molecule has 1 aromatic heterocycles. The Kier molecular flexibility index (Phi) is 6.90. The first kappa shape index (κ1) is 24.2. The molecule has 0 N–H and O–H groups in total. The van der Waals surface area contributed by atoms with Gasteiger partial charge in [-0.2, -0.15) is 5.10 Å². The van der Waals surface area contributed by atoms with Crippen LogP contribution in [0.5, 0.6) is 17.4 Å². The van der Waals surface area contributed by atoms with Gasteiger partial charge in [-0.25, -0.2) is 4.68 Å². The highest BCUT2D eigenvalue weighted by molar-refractivity contribution is 6.33. The van der Waals surface area contributed by atoms with E-state index < -0.39 is 0 Å². The standard InChI is InChI=1S/C28H25Cl2N3O3/c1-18-25(17-32(20-10-11-20)27(34)24-8-3-4-9-26(24)30)28(36-23-14-12-22(35-2)13-15-23)33(31-18)21-7-5-6-19(29)16-21/h3-9,12-16,20H,10-11,17H2,1-2H3. The van der Waals surface area contributed by atoms with Crippen molar-refractivity contribution in [3.8, 4) is 23.1 Å². The maximum absolute atomic E-state index is 13.6. The molecule has 0 atom stereocenters. The Morgan fingerprint density at radius 1 is 1.03 bits per heavy atom. The highest BCUT2D eigenvalue weighted by Crippen LogP contribution is 2.37. The molecule has 1 aliphatic carbocycles. The molecule has 36 heavy (non-hydrogen) atoms. The van der Waals surface area contributed by atoms with Crippen LogP contribution in [0.1, 0.15) is 34.5 Å². The van der Waals surface area contributed by atoms with Crippen LogP contribution < -0.4 is 9.47 Å². The molecule has 0 spiro atoms. The van der Waals surface area contributed by atoms with Gasteiger partial charge in [0.15, 0.2) is 0 Å². The second kappa shape index (κ2) is 10.2. The number of methoxy groups -OCH3 is 1. The highest BCUT2D eigenvalue weighted by Gasteiger charge is 2.35. The van der Waals surface area contributed by atoms with Crippen molar-refractivity contribution in [1.29, 1.82) is 0 Å². The number of halogens is 2. The molecule has 4 aromatic rings. The minimum atomic E-state index is -0.103. The van der Waals surface area contributed by atoms with Crippen LogP contribution in [0.2, 0.25) is 10.0 Å². The molecule has 1 heterocycles. The smallest absolute Gasteiger partial charge is 0.255 e. The summed E-state index contributed by atoms with van der Waals surface area (Å²) in [5.41, 5.74) is 2.83. The Labute approximate surface area is 220 Å². The maximum Gasteiger partial charge on any atom is 0.255 e. The summed E-state index contributed by atoms with van der Waals surface area (Å²) in [6, 6.07) is 22.0. The SMILES string of the molecule is COc1ccc(Oc2c(CN(C(=O)c3ccccc3Cl)C3CC3)c(C)nn2-c2cccc(Cl)c2)cc1. The van der Waals surface area contributed by atoms with Gasteiger partial charge in [0.2, 0.25) is 5.88 Å². The van der Waals surface area contributed by atoms with Crippen molar-refractivity contribution >= 4 is 29.1 Å². The van der Waals surface area contributed by atoms with E-state index in [1.54, 1.807) is 23.9 Å². The Morgan fingerprint density at radius 3 is 2.42 bits per heavy atom. The molecule has 1 saturated carbocycles. The van der Waals surface area contributed by atoms with Crippen LogP contribution in [0.4, 0.5) is 0 Å². The summed E-state index contributed by atoms with van der Waals surface area (Å²) in [5, 5.41) is 5.81. The topological polar surface area (TPSA) is 56.6 Å². The van der Waals surface area contributed by atoms with Crippen LogP contribution in [0.15, 0.2) is 72.8 Å². The lowest BCUT2D eigenvalue weighted by molar-refractivity contribution is 0.0729. The number of hydrogen-bond donors (Lipinski definition) is 0. The Balaban J connectivity index is 1.56. The Morgan fingerprint density at radius 2 is 1.75 bits per heavy atom. The Bertz CT molecular complexity index is 1400.